The first-order valence-electron chi connectivity index (χ1n) is 9.72. The van der Waals surface area contributed by atoms with Crippen LogP contribution in [0.25, 0.3) is 0 Å². The number of nitrogens with zero attached hydrogens (tertiary/aromatic N) is 3. The van der Waals surface area contributed by atoms with Crippen molar-refractivity contribution in [3.05, 3.63) is 36.4 Å². The Kier molecular flexibility index (Phi) is 6.37. The molecule has 6 nitrogen and oxygen atoms in total. The van der Waals surface area contributed by atoms with Crippen molar-refractivity contribution in [2.45, 2.75) is 29.6 Å². The Morgan fingerprint density at radius 1 is 0.897 bits per heavy atom. The van der Waals surface area contributed by atoms with Gasteiger partial charge in [-0.05, 0) is 43.3 Å². The molecule has 0 bridgehead atoms. The number of hydrogen-bond acceptors (Lipinski definition) is 5. The fourth-order valence-electron chi connectivity index (χ4n) is 3.23. The number of hydrogen-bond donors (Lipinski definition) is 1. The Balaban J connectivity index is 2.00. The molecule has 0 radical (unpaired) electrons. The van der Waals surface area contributed by atoms with Crippen LogP contribution in [0.2, 0.25) is 0 Å². The van der Waals surface area contributed by atoms with Crippen molar-refractivity contribution in [3.63, 3.8) is 0 Å². The molecule has 1 aliphatic rings. The van der Waals surface area contributed by atoms with Crippen molar-refractivity contribution in [3.8, 4) is 0 Å². The van der Waals surface area contributed by atoms with E-state index in [0.29, 0.717) is 6.54 Å². The summed E-state index contributed by atoms with van der Waals surface area (Å²) in [6, 6.07) is 12.2. The summed E-state index contributed by atoms with van der Waals surface area (Å²) in [4.78, 5) is 33.0. The second-order valence-corrected chi connectivity index (χ2v) is 8.46. The SMILES string of the molecule is CCNC(=O)CCC(=O)N1c2ccc(N(C)C)cc2Sc2cc(N(C)C)ccc21. The van der Waals surface area contributed by atoms with Crippen LogP contribution in [0.4, 0.5) is 22.7 Å². The highest BCUT2D eigenvalue weighted by Gasteiger charge is 2.29. The Labute approximate surface area is 176 Å². The van der Waals surface area contributed by atoms with Crippen LogP contribution in [0.5, 0.6) is 0 Å². The van der Waals surface area contributed by atoms with Crippen molar-refractivity contribution in [1.82, 2.24) is 5.32 Å². The molecule has 0 saturated heterocycles. The summed E-state index contributed by atoms with van der Waals surface area (Å²) in [5, 5.41) is 2.76. The van der Waals surface area contributed by atoms with Gasteiger partial charge >= 0.3 is 0 Å². The van der Waals surface area contributed by atoms with Gasteiger partial charge in [0.15, 0.2) is 0 Å². The zero-order valence-electron chi connectivity index (χ0n) is 17.7. The summed E-state index contributed by atoms with van der Waals surface area (Å²) in [7, 11) is 8.01. The molecule has 2 aromatic carbocycles. The first-order valence-corrected chi connectivity index (χ1v) is 10.5. The van der Waals surface area contributed by atoms with Crippen molar-refractivity contribution < 1.29 is 9.59 Å². The molecule has 0 aliphatic carbocycles. The van der Waals surface area contributed by atoms with E-state index in [2.05, 4.69) is 17.4 Å². The number of anilines is 4. The third kappa shape index (κ3) is 4.50. The maximum Gasteiger partial charge on any atom is 0.232 e. The fourth-order valence-corrected chi connectivity index (χ4v) is 4.35. The smallest absolute Gasteiger partial charge is 0.232 e. The van der Waals surface area contributed by atoms with Crippen molar-refractivity contribution in [2.75, 3.05) is 49.4 Å². The van der Waals surface area contributed by atoms with E-state index in [1.807, 2.05) is 69.2 Å². The van der Waals surface area contributed by atoms with Crippen LogP contribution in [0.1, 0.15) is 19.8 Å². The van der Waals surface area contributed by atoms with E-state index in [9.17, 15) is 9.59 Å². The molecule has 0 aromatic heterocycles. The van der Waals surface area contributed by atoms with Gasteiger partial charge < -0.3 is 15.1 Å². The zero-order valence-corrected chi connectivity index (χ0v) is 18.5. The Morgan fingerprint density at radius 2 is 1.41 bits per heavy atom. The van der Waals surface area contributed by atoms with Gasteiger partial charge in [0.1, 0.15) is 0 Å². The van der Waals surface area contributed by atoms with Gasteiger partial charge in [0.25, 0.3) is 0 Å². The van der Waals surface area contributed by atoms with E-state index in [1.54, 1.807) is 16.7 Å². The average molecular weight is 413 g/mol. The number of carbonyl (C=O) groups is 2. The second kappa shape index (κ2) is 8.78. The van der Waals surface area contributed by atoms with Crippen LogP contribution < -0.4 is 20.0 Å². The molecule has 0 spiro atoms. The van der Waals surface area contributed by atoms with Crippen molar-refractivity contribution >= 4 is 46.3 Å². The number of rotatable bonds is 6. The summed E-state index contributed by atoms with van der Waals surface area (Å²) >= 11 is 1.67. The van der Waals surface area contributed by atoms with Crippen LogP contribution >= 0.6 is 11.8 Å². The van der Waals surface area contributed by atoms with Crippen molar-refractivity contribution in [1.29, 1.82) is 0 Å². The third-order valence-electron chi connectivity index (χ3n) is 4.81. The minimum absolute atomic E-state index is 0.0748. The van der Waals surface area contributed by atoms with Gasteiger partial charge in [-0.2, -0.15) is 0 Å². The summed E-state index contributed by atoms with van der Waals surface area (Å²) < 4.78 is 0. The summed E-state index contributed by atoms with van der Waals surface area (Å²) in [5.41, 5.74) is 3.90. The van der Waals surface area contributed by atoms with Gasteiger partial charge in [0.2, 0.25) is 11.8 Å². The first-order chi connectivity index (χ1) is 13.8. The van der Waals surface area contributed by atoms with Crippen LogP contribution in [0.3, 0.4) is 0 Å². The predicted molar refractivity (Wildman–Crippen MR) is 121 cm³/mol. The monoisotopic (exact) mass is 412 g/mol. The molecule has 1 N–H and O–H groups in total. The highest BCUT2D eigenvalue weighted by atomic mass is 32.2. The molecule has 7 heteroatoms. The van der Waals surface area contributed by atoms with Gasteiger partial charge in [0.05, 0.1) is 11.4 Å². The predicted octanol–water partition coefficient (Wildman–Crippen LogP) is 3.86. The standard InChI is InChI=1S/C22H28N4O2S/c1-6-23-21(27)11-12-22(28)26-17-9-7-15(24(2)3)13-19(17)29-20-14-16(25(4)5)8-10-18(20)26/h7-10,13-14H,6,11-12H2,1-5H3,(H,23,27). The molecule has 29 heavy (non-hydrogen) atoms. The molecular weight excluding hydrogens is 384 g/mol. The lowest BCUT2D eigenvalue weighted by molar-refractivity contribution is -0.124. The van der Waals surface area contributed by atoms with Gasteiger partial charge in [-0.1, -0.05) is 11.8 Å². The molecule has 1 aliphatic heterocycles. The fraction of sp³-hybridized carbons (Fsp3) is 0.364. The highest BCUT2D eigenvalue weighted by molar-refractivity contribution is 7.99. The molecule has 0 fully saturated rings. The Morgan fingerprint density at radius 3 is 1.86 bits per heavy atom. The molecule has 0 saturated carbocycles. The van der Waals surface area contributed by atoms with E-state index in [-0.39, 0.29) is 24.7 Å². The van der Waals surface area contributed by atoms with Gasteiger partial charge in [-0.25, -0.2) is 0 Å². The van der Waals surface area contributed by atoms with Crippen LogP contribution in [-0.4, -0.2) is 46.5 Å². The number of benzene rings is 2. The van der Waals surface area contributed by atoms with Gasteiger partial charge in [0, 0.05) is 68.7 Å². The van der Waals surface area contributed by atoms with E-state index in [1.165, 1.54) is 0 Å². The lowest BCUT2D eigenvalue weighted by Gasteiger charge is -2.32. The Bertz CT molecular complexity index is 870. The number of amides is 2. The molecule has 1 heterocycles. The number of carbonyl (C=O) groups excluding carboxylic acids is 2. The quantitative estimate of drug-likeness (QED) is 0.781. The lowest BCUT2D eigenvalue weighted by atomic mass is 10.1. The minimum atomic E-state index is -0.0985. The lowest BCUT2D eigenvalue weighted by Crippen LogP contribution is -2.30. The molecule has 154 valence electrons. The van der Waals surface area contributed by atoms with Crippen LogP contribution in [0, 0.1) is 0 Å². The second-order valence-electron chi connectivity index (χ2n) is 7.38. The minimum Gasteiger partial charge on any atom is -0.378 e. The van der Waals surface area contributed by atoms with Crippen LogP contribution in [0.15, 0.2) is 46.2 Å². The van der Waals surface area contributed by atoms with E-state index in [0.717, 1.165) is 32.5 Å². The summed E-state index contributed by atoms with van der Waals surface area (Å²) in [6.07, 6.45) is 0.354. The highest BCUT2D eigenvalue weighted by Crippen LogP contribution is 2.50. The molecule has 2 amide bonds. The largest absolute Gasteiger partial charge is 0.378 e. The van der Waals surface area contributed by atoms with Crippen LogP contribution in [-0.2, 0) is 9.59 Å². The van der Waals surface area contributed by atoms with Gasteiger partial charge in [-0.3, -0.25) is 14.5 Å². The van der Waals surface area contributed by atoms with E-state index in [4.69, 9.17) is 0 Å². The number of nitrogens with one attached hydrogen (secondary N) is 1. The summed E-state index contributed by atoms with van der Waals surface area (Å²) in [5.74, 6) is -0.173. The number of fused-ring (bicyclic) bond motifs is 2. The third-order valence-corrected chi connectivity index (χ3v) is 5.90. The van der Waals surface area contributed by atoms with E-state index < -0.39 is 0 Å². The Hall–Kier alpha value is -2.67. The first kappa shape index (κ1) is 21.0. The summed E-state index contributed by atoms with van der Waals surface area (Å²) in [6.45, 7) is 2.44. The van der Waals surface area contributed by atoms with Gasteiger partial charge in [-0.15, -0.1) is 0 Å². The maximum atomic E-state index is 13.2. The normalized spacial score (nSPS) is 12.1. The molecular formula is C22H28N4O2S. The molecule has 0 atom stereocenters. The maximum absolute atomic E-state index is 13.2. The van der Waals surface area contributed by atoms with Crippen molar-refractivity contribution in [2.24, 2.45) is 0 Å². The molecule has 0 unspecified atom stereocenters. The molecule has 2 aromatic rings. The average Bonchev–Trinajstić information content (AvgIpc) is 2.69. The topological polar surface area (TPSA) is 55.9 Å². The zero-order chi connectivity index (χ0) is 21.1. The van der Waals surface area contributed by atoms with E-state index >= 15 is 0 Å². The molecule has 3 rings (SSSR count).